The fourth-order valence-corrected chi connectivity index (χ4v) is 1.92. The number of rotatable bonds is 0. The van der Waals surface area contributed by atoms with E-state index in [0.717, 1.165) is 0 Å². The maximum atomic E-state index is 11.6. The SMILES string of the molecule is CC1CC(=O)c2ccccc2N1C(=O)O. The summed E-state index contributed by atoms with van der Waals surface area (Å²) >= 11 is 0. The van der Waals surface area contributed by atoms with E-state index in [1.807, 2.05) is 0 Å². The standard InChI is InChI=1S/C11H11NO3/c1-7-6-10(13)8-4-2-3-5-9(8)12(7)11(14)15/h2-5,7H,6H2,1H3,(H,14,15). The highest BCUT2D eigenvalue weighted by atomic mass is 16.4. The van der Waals surface area contributed by atoms with Gasteiger partial charge in [-0.15, -0.1) is 0 Å². The van der Waals surface area contributed by atoms with Crippen LogP contribution in [-0.4, -0.2) is 23.0 Å². The van der Waals surface area contributed by atoms with Gasteiger partial charge < -0.3 is 5.11 Å². The summed E-state index contributed by atoms with van der Waals surface area (Å²) in [6, 6.07) is 6.52. The molecular weight excluding hydrogens is 194 g/mol. The van der Waals surface area contributed by atoms with Gasteiger partial charge >= 0.3 is 6.09 Å². The van der Waals surface area contributed by atoms with Crippen molar-refractivity contribution in [1.29, 1.82) is 0 Å². The second kappa shape index (κ2) is 3.38. The summed E-state index contributed by atoms with van der Waals surface area (Å²) in [5.41, 5.74) is 0.992. The molecule has 0 radical (unpaired) electrons. The molecule has 4 nitrogen and oxygen atoms in total. The minimum atomic E-state index is -1.01. The Labute approximate surface area is 87.1 Å². The number of fused-ring (bicyclic) bond motifs is 1. The Hall–Kier alpha value is -1.84. The van der Waals surface area contributed by atoms with Crippen LogP contribution in [0.15, 0.2) is 24.3 Å². The molecule has 0 aliphatic carbocycles. The summed E-state index contributed by atoms with van der Waals surface area (Å²) in [5.74, 6) is 0.00981. The van der Waals surface area contributed by atoms with Gasteiger partial charge in [-0.05, 0) is 19.1 Å². The maximum absolute atomic E-state index is 11.6. The van der Waals surface area contributed by atoms with Gasteiger partial charge in [-0.1, -0.05) is 12.1 Å². The fourth-order valence-electron chi connectivity index (χ4n) is 1.92. The molecule has 1 N–H and O–H groups in total. The largest absolute Gasteiger partial charge is 0.465 e. The lowest BCUT2D eigenvalue weighted by atomic mass is 9.96. The normalized spacial score (nSPS) is 19.9. The van der Waals surface area contributed by atoms with Crippen LogP contribution in [-0.2, 0) is 0 Å². The Bertz CT molecular complexity index is 428. The summed E-state index contributed by atoms with van der Waals surface area (Å²) in [6.45, 7) is 1.74. The summed E-state index contributed by atoms with van der Waals surface area (Å²) in [4.78, 5) is 23.9. The van der Waals surface area contributed by atoms with Crippen LogP contribution in [0.1, 0.15) is 23.7 Å². The number of hydrogen-bond donors (Lipinski definition) is 1. The molecule has 1 aromatic carbocycles. The zero-order valence-electron chi connectivity index (χ0n) is 8.30. The smallest absolute Gasteiger partial charge is 0.412 e. The number of amides is 1. The van der Waals surface area contributed by atoms with Crippen LogP contribution in [0.4, 0.5) is 10.5 Å². The molecule has 4 heteroatoms. The van der Waals surface area contributed by atoms with Crippen LogP contribution in [0.3, 0.4) is 0 Å². The Morgan fingerprint density at radius 2 is 2.13 bits per heavy atom. The molecule has 0 saturated heterocycles. The fraction of sp³-hybridized carbons (Fsp3) is 0.273. The molecule has 1 unspecified atom stereocenters. The molecule has 1 atom stereocenters. The van der Waals surface area contributed by atoms with E-state index in [4.69, 9.17) is 5.11 Å². The Kier molecular flexibility index (Phi) is 2.19. The van der Waals surface area contributed by atoms with Gasteiger partial charge in [-0.2, -0.15) is 0 Å². The van der Waals surface area contributed by atoms with E-state index in [0.29, 0.717) is 11.3 Å². The Morgan fingerprint density at radius 3 is 2.80 bits per heavy atom. The highest BCUT2D eigenvalue weighted by Gasteiger charge is 2.31. The van der Waals surface area contributed by atoms with Crippen LogP contribution in [0.2, 0.25) is 0 Å². The molecule has 78 valence electrons. The third kappa shape index (κ3) is 1.48. The molecule has 0 spiro atoms. The average Bonchev–Trinajstić information content (AvgIpc) is 2.17. The predicted molar refractivity (Wildman–Crippen MR) is 55.4 cm³/mol. The van der Waals surface area contributed by atoms with E-state index in [1.165, 1.54) is 4.90 Å². The van der Waals surface area contributed by atoms with Gasteiger partial charge in [-0.25, -0.2) is 4.79 Å². The lowest BCUT2D eigenvalue weighted by molar-refractivity contribution is 0.0968. The number of benzene rings is 1. The number of carbonyl (C=O) groups is 2. The molecule has 1 aromatic rings. The lowest BCUT2D eigenvalue weighted by Crippen LogP contribution is -2.43. The van der Waals surface area contributed by atoms with Crippen LogP contribution < -0.4 is 4.90 Å². The molecule has 15 heavy (non-hydrogen) atoms. The molecule has 1 aliphatic heterocycles. The van der Waals surface area contributed by atoms with E-state index in [2.05, 4.69) is 0 Å². The van der Waals surface area contributed by atoms with E-state index >= 15 is 0 Å². The van der Waals surface area contributed by atoms with E-state index in [9.17, 15) is 9.59 Å². The van der Waals surface area contributed by atoms with Crippen molar-refractivity contribution in [1.82, 2.24) is 0 Å². The molecule has 0 bridgehead atoms. The van der Waals surface area contributed by atoms with Crippen molar-refractivity contribution in [3.63, 3.8) is 0 Å². The van der Waals surface area contributed by atoms with Gasteiger partial charge in [0.2, 0.25) is 0 Å². The summed E-state index contributed by atoms with van der Waals surface area (Å²) in [5, 5.41) is 9.06. The van der Waals surface area contributed by atoms with Gasteiger partial charge in [0.1, 0.15) is 0 Å². The number of nitrogens with zero attached hydrogens (tertiary/aromatic N) is 1. The number of carboxylic acid groups (broad SMARTS) is 1. The topological polar surface area (TPSA) is 57.6 Å². The summed E-state index contributed by atoms with van der Waals surface area (Å²) < 4.78 is 0. The monoisotopic (exact) mass is 205 g/mol. The third-order valence-electron chi connectivity index (χ3n) is 2.59. The second-order valence-corrected chi connectivity index (χ2v) is 3.65. The summed E-state index contributed by atoms with van der Waals surface area (Å²) in [6.07, 6.45) is -0.758. The van der Waals surface area contributed by atoms with Crippen LogP contribution >= 0.6 is 0 Å². The second-order valence-electron chi connectivity index (χ2n) is 3.65. The lowest BCUT2D eigenvalue weighted by Gasteiger charge is -2.31. The average molecular weight is 205 g/mol. The first-order valence-electron chi connectivity index (χ1n) is 4.75. The molecule has 1 aliphatic rings. The molecule has 0 saturated carbocycles. The molecule has 2 rings (SSSR count). The number of para-hydroxylation sites is 1. The van der Waals surface area contributed by atoms with Crippen LogP contribution in [0, 0.1) is 0 Å². The van der Waals surface area contributed by atoms with Gasteiger partial charge in [0.05, 0.1) is 5.69 Å². The third-order valence-corrected chi connectivity index (χ3v) is 2.59. The van der Waals surface area contributed by atoms with Crippen molar-refractivity contribution in [2.45, 2.75) is 19.4 Å². The van der Waals surface area contributed by atoms with Gasteiger partial charge in [0.25, 0.3) is 0 Å². The first-order chi connectivity index (χ1) is 7.11. The zero-order chi connectivity index (χ0) is 11.0. The Morgan fingerprint density at radius 1 is 1.47 bits per heavy atom. The number of Topliss-reactive ketones (excluding diaryl/α,β-unsaturated/α-hetero) is 1. The maximum Gasteiger partial charge on any atom is 0.412 e. The highest BCUT2D eigenvalue weighted by Crippen LogP contribution is 2.30. The molecule has 0 fully saturated rings. The quantitative estimate of drug-likeness (QED) is 0.706. The summed E-state index contributed by atoms with van der Waals surface area (Å²) in [7, 11) is 0. The van der Waals surface area contributed by atoms with E-state index < -0.39 is 6.09 Å². The zero-order valence-corrected chi connectivity index (χ0v) is 8.30. The van der Waals surface area contributed by atoms with Gasteiger partial charge in [0.15, 0.2) is 5.78 Å². The molecular formula is C11H11NO3. The van der Waals surface area contributed by atoms with E-state index in [1.54, 1.807) is 31.2 Å². The molecule has 0 aromatic heterocycles. The van der Waals surface area contributed by atoms with Gasteiger partial charge in [-0.3, -0.25) is 9.69 Å². The minimum absolute atomic E-state index is 0.00981. The first kappa shape index (κ1) is 9.71. The van der Waals surface area contributed by atoms with Crippen molar-refractivity contribution in [2.24, 2.45) is 0 Å². The number of ketones is 1. The minimum Gasteiger partial charge on any atom is -0.465 e. The van der Waals surface area contributed by atoms with Crippen LogP contribution in [0.5, 0.6) is 0 Å². The highest BCUT2D eigenvalue weighted by molar-refractivity contribution is 6.07. The number of carbonyl (C=O) groups excluding carboxylic acids is 1. The predicted octanol–water partition coefficient (Wildman–Crippen LogP) is 2.15. The Balaban J connectivity index is 2.56. The van der Waals surface area contributed by atoms with E-state index in [-0.39, 0.29) is 18.2 Å². The number of anilines is 1. The first-order valence-corrected chi connectivity index (χ1v) is 4.75. The van der Waals surface area contributed by atoms with Crippen molar-refractivity contribution in [3.8, 4) is 0 Å². The van der Waals surface area contributed by atoms with Crippen LogP contribution in [0.25, 0.3) is 0 Å². The van der Waals surface area contributed by atoms with Gasteiger partial charge in [0, 0.05) is 18.0 Å². The van der Waals surface area contributed by atoms with Crippen molar-refractivity contribution >= 4 is 17.6 Å². The molecule has 1 heterocycles. The van der Waals surface area contributed by atoms with Crippen molar-refractivity contribution in [3.05, 3.63) is 29.8 Å². The van der Waals surface area contributed by atoms with Crippen molar-refractivity contribution in [2.75, 3.05) is 4.90 Å². The number of hydrogen-bond acceptors (Lipinski definition) is 2. The molecule has 1 amide bonds. The van der Waals surface area contributed by atoms with Crippen molar-refractivity contribution < 1.29 is 14.7 Å².